The number of hydrogen-bond acceptors (Lipinski definition) is 6. The lowest BCUT2D eigenvalue weighted by Crippen LogP contribution is -2.41. The van der Waals surface area contributed by atoms with Crippen LogP contribution in [-0.2, 0) is 16.1 Å². The Morgan fingerprint density at radius 3 is 2.62 bits per heavy atom. The first-order valence-electron chi connectivity index (χ1n) is 11.4. The summed E-state index contributed by atoms with van der Waals surface area (Å²) in [6.07, 6.45) is 2.88. The largest absolute Gasteiger partial charge is 0.442 e. The maximum atomic E-state index is 13.3. The molecule has 1 fully saturated rings. The molecule has 5 rings (SSSR count). The summed E-state index contributed by atoms with van der Waals surface area (Å²) in [5, 5.41) is 9.04. The molecule has 2 aromatic rings. The van der Waals surface area contributed by atoms with Crippen molar-refractivity contribution in [1.82, 2.24) is 14.5 Å². The van der Waals surface area contributed by atoms with E-state index in [0.29, 0.717) is 47.6 Å². The van der Waals surface area contributed by atoms with Gasteiger partial charge in [-0.1, -0.05) is 44.2 Å². The number of fused-ring (bicyclic) bond motifs is 1. The molecule has 1 N–H and O–H groups in total. The van der Waals surface area contributed by atoms with Crippen LogP contribution in [0.1, 0.15) is 43.7 Å². The summed E-state index contributed by atoms with van der Waals surface area (Å²) in [7, 11) is 0. The zero-order valence-electron chi connectivity index (χ0n) is 18.8. The molecular weight excluding hydrogens is 404 g/mol. The highest BCUT2D eigenvalue weighted by Crippen LogP contribution is 2.48. The van der Waals surface area contributed by atoms with Gasteiger partial charge in [0, 0.05) is 50.5 Å². The van der Waals surface area contributed by atoms with Crippen molar-refractivity contribution in [1.29, 1.82) is 5.41 Å². The fraction of sp³-hybridized carbons (Fsp3) is 0.480. The van der Waals surface area contributed by atoms with Gasteiger partial charge in [0.05, 0.1) is 18.8 Å². The molecule has 32 heavy (non-hydrogen) atoms. The molecule has 1 unspecified atom stereocenters. The summed E-state index contributed by atoms with van der Waals surface area (Å²) < 4.78 is 13.5. The molecule has 0 bridgehead atoms. The fourth-order valence-corrected chi connectivity index (χ4v) is 5.02. The van der Waals surface area contributed by atoms with E-state index in [0.717, 1.165) is 38.4 Å². The van der Waals surface area contributed by atoms with Crippen molar-refractivity contribution in [3.8, 4) is 5.88 Å². The van der Waals surface area contributed by atoms with Crippen molar-refractivity contribution in [3.05, 3.63) is 64.6 Å². The Bertz CT molecular complexity index is 1110. The maximum absolute atomic E-state index is 13.3. The molecule has 0 amide bonds. The van der Waals surface area contributed by atoms with Crippen molar-refractivity contribution in [2.24, 2.45) is 5.41 Å². The molecule has 168 valence electrons. The van der Waals surface area contributed by atoms with E-state index in [-0.39, 0.29) is 17.1 Å². The highest BCUT2D eigenvalue weighted by atomic mass is 16.5. The second kappa shape index (κ2) is 8.30. The molecule has 3 aliphatic rings. The van der Waals surface area contributed by atoms with Gasteiger partial charge in [0.25, 0.3) is 0 Å². The van der Waals surface area contributed by atoms with E-state index in [1.165, 1.54) is 0 Å². The van der Waals surface area contributed by atoms with E-state index < -0.39 is 0 Å². The second-order valence-corrected chi connectivity index (χ2v) is 9.68. The number of nitrogens with zero attached hydrogens (tertiary/aromatic N) is 3. The quantitative estimate of drug-likeness (QED) is 0.800. The van der Waals surface area contributed by atoms with Crippen LogP contribution < -0.4 is 10.2 Å². The summed E-state index contributed by atoms with van der Waals surface area (Å²) in [5.41, 5.74) is 2.60. The number of carbonyl (C=O) groups is 1. The van der Waals surface area contributed by atoms with Crippen molar-refractivity contribution in [3.63, 3.8) is 0 Å². The van der Waals surface area contributed by atoms with Gasteiger partial charge in [-0.2, -0.15) is 0 Å². The van der Waals surface area contributed by atoms with Gasteiger partial charge in [-0.25, -0.2) is 4.98 Å². The second-order valence-electron chi connectivity index (χ2n) is 9.68. The zero-order chi connectivity index (χ0) is 22.3. The molecular formula is C25H30N4O3. The van der Waals surface area contributed by atoms with E-state index >= 15 is 0 Å². The Labute approximate surface area is 188 Å². The molecule has 1 aliphatic carbocycles. The summed E-state index contributed by atoms with van der Waals surface area (Å²) in [4.78, 5) is 20.3. The molecule has 1 atom stereocenters. The van der Waals surface area contributed by atoms with Gasteiger partial charge in [0.15, 0.2) is 5.78 Å². The van der Waals surface area contributed by atoms with Gasteiger partial charge < -0.3 is 14.0 Å². The van der Waals surface area contributed by atoms with E-state index in [2.05, 4.69) is 23.7 Å². The van der Waals surface area contributed by atoms with Gasteiger partial charge >= 0.3 is 0 Å². The Morgan fingerprint density at radius 2 is 1.88 bits per heavy atom. The number of Topliss-reactive ketones (excluding diaryl/α,β-unsaturated/α-hetero) is 1. The molecule has 1 aromatic heterocycles. The monoisotopic (exact) mass is 434 g/mol. The number of morpholine rings is 1. The third-order valence-corrected chi connectivity index (χ3v) is 6.66. The third-order valence-electron chi connectivity index (χ3n) is 6.66. The lowest BCUT2D eigenvalue weighted by Gasteiger charge is -2.38. The minimum Gasteiger partial charge on any atom is -0.442 e. The minimum absolute atomic E-state index is 0.110. The number of hydrogen-bond donors (Lipinski definition) is 1. The van der Waals surface area contributed by atoms with Crippen LogP contribution in [0.15, 0.2) is 48.0 Å². The number of ether oxygens (including phenoxy) is 2. The Hall–Kier alpha value is -2.77. The summed E-state index contributed by atoms with van der Waals surface area (Å²) in [6, 6.07) is 9.99. The zero-order valence-corrected chi connectivity index (χ0v) is 18.8. The van der Waals surface area contributed by atoms with Crippen LogP contribution in [-0.4, -0.2) is 53.1 Å². The highest BCUT2D eigenvalue weighted by molar-refractivity contribution is 6.00. The molecule has 3 heterocycles. The van der Waals surface area contributed by atoms with E-state index in [1.54, 1.807) is 6.33 Å². The number of carbonyl (C=O) groups excluding carboxylic acids is 1. The number of aromatic nitrogens is 2. The highest BCUT2D eigenvalue weighted by Gasteiger charge is 2.43. The van der Waals surface area contributed by atoms with Crippen molar-refractivity contribution in [2.45, 2.75) is 39.2 Å². The van der Waals surface area contributed by atoms with Crippen molar-refractivity contribution < 1.29 is 14.3 Å². The molecule has 0 saturated carbocycles. The van der Waals surface area contributed by atoms with Crippen molar-refractivity contribution in [2.75, 3.05) is 32.8 Å². The summed E-state index contributed by atoms with van der Waals surface area (Å²) in [5.74, 6) is 0.953. The SMILES string of the molecule is CC1(C)CC(=O)C2=C(C1)Oc1ncn(CCN3CCOCC3)c(=N)c1C2c1ccccc1. The van der Waals surface area contributed by atoms with Gasteiger partial charge in [-0.05, 0) is 11.0 Å². The number of allylic oxidation sites excluding steroid dienone is 2. The average molecular weight is 435 g/mol. The van der Waals surface area contributed by atoms with E-state index in [9.17, 15) is 4.79 Å². The first kappa shape index (κ1) is 21.1. The maximum Gasteiger partial charge on any atom is 0.228 e. The van der Waals surface area contributed by atoms with Crippen LogP contribution >= 0.6 is 0 Å². The topological polar surface area (TPSA) is 80.4 Å². The lowest BCUT2D eigenvalue weighted by molar-refractivity contribution is -0.118. The average Bonchev–Trinajstić information content (AvgIpc) is 2.78. The summed E-state index contributed by atoms with van der Waals surface area (Å²) in [6.45, 7) is 9.00. The minimum atomic E-state index is -0.325. The lowest BCUT2D eigenvalue weighted by atomic mass is 9.70. The fourth-order valence-electron chi connectivity index (χ4n) is 5.02. The predicted molar refractivity (Wildman–Crippen MR) is 119 cm³/mol. The van der Waals surface area contributed by atoms with Gasteiger partial charge in [-0.15, -0.1) is 0 Å². The molecule has 0 spiro atoms. The Kier molecular flexibility index (Phi) is 5.47. The molecule has 0 radical (unpaired) electrons. The predicted octanol–water partition coefficient (Wildman–Crippen LogP) is 2.86. The van der Waals surface area contributed by atoms with Crippen LogP contribution in [0.5, 0.6) is 5.88 Å². The first-order chi connectivity index (χ1) is 15.4. The molecule has 7 heteroatoms. The van der Waals surface area contributed by atoms with Crippen LogP contribution in [0, 0.1) is 10.8 Å². The van der Waals surface area contributed by atoms with Crippen LogP contribution in [0.4, 0.5) is 0 Å². The van der Waals surface area contributed by atoms with Gasteiger partial charge in [-0.3, -0.25) is 15.1 Å². The number of rotatable bonds is 4. The van der Waals surface area contributed by atoms with Crippen LogP contribution in [0.2, 0.25) is 0 Å². The van der Waals surface area contributed by atoms with Crippen LogP contribution in [0.25, 0.3) is 0 Å². The standard InChI is InChI=1S/C25H30N4O3/c1-25(2)14-18(30)21-19(15-25)32-24-22(20(21)17-6-4-3-5-7-17)23(26)29(16-27-24)9-8-28-10-12-31-13-11-28/h3-7,16,20,26H,8-15H2,1-2H3. The summed E-state index contributed by atoms with van der Waals surface area (Å²) >= 11 is 0. The van der Waals surface area contributed by atoms with Crippen molar-refractivity contribution >= 4 is 5.78 Å². The number of benzene rings is 1. The van der Waals surface area contributed by atoms with E-state index in [1.807, 2.05) is 34.9 Å². The van der Waals surface area contributed by atoms with Gasteiger partial charge in [0.2, 0.25) is 5.88 Å². The number of ketones is 1. The van der Waals surface area contributed by atoms with Gasteiger partial charge in [0.1, 0.15) is 17.6 Å². The number of nitrogens with one attached hydrogen (secondary N) is 1. The first-order valence-corrected chi connectivity index (χ1v) is 11.4. The smallest absolute Gasteiger partial charge is 0.228 e. The molecule has 1 saturated heterocycles. The van der Waals surface area contributed by atoms with E-state index in [4.69, 9.17) is 14.9 Å². The normalized spacial score (nSPS) is 22.8. The Morgan fingerprint density at radius 1 is 1.12 bits per heavy atom. The molecule has 2 aliphatic heterocycles. The Balaban J connectivity index is 1.56. The molecule has 7 nitrogen and oxygen atoms in total. The van der Waals surface area contributed by atoms with Crippen LogP contribution in [0.3, 0.4) is 0 Å². The molecule has 1 aromatic carbocycles. The third kappa shape index (κ3) is 3.91.